The minimum atomic E-state index is -3.52. The third-order valence-electron chi connectivity index (χ3n) is 7.00. The first-order valence-electron chi connectivity index (χ1n) is 13.6. The first-order chi connectivity index (χ1) is 19.2. The molecule has 0 spiro atoms. The van der Waals surface area contributed by atoms with Gasteiger partial charge in [-0.15, -0.1) is 0 Å². The Hall–Kier alpha value is -3.69. The van der Waals surface area contributed by atoms with Crippen LogP contribution in [-0.4, -0.2) is 50.9 Å². The van der Waals surface area contributed by atoms with Crippen LogP contribution in [0.2, 0.25) is 0 Å². The molecule has 40 heavy (non-hydrogen) atoms. The zero-order chi connectivity index (χ0) is 28.5. The summed E-state index contributed by atoms with van der Waals surface area (Å²) in [7, 11) is -1.93. The number of nitrogens with one attached hydrogen (secondary N) is 2. The van der Waals surface area contributed by atoms with Gasteiger partial charge in [0.25, 0.3) is 0 Å². The Kier molecular flexibility index (Phi) is 9.95. The van der Waals surface area contributed by atoms with Gasteiger partial charge in [0, 0.05) is 25.6 Å². The Morgan fingerprint density at radius 3 is 2.15 bits per heavy atom. The zero-order valence-electron chi connectivity index (χ0n) is 23.0. The van der Waals surface area contributed by atoms with Crippen LogP contribution >= 0.6 is 0 Å². The van der Waals surface area contributed by atoms with Gasteiger partial charge in [-0.2, -0.15) is 0 Å². The molecule has 1 saturated carbocycles. The van der Waals surface area contributed by atoms with Gasteiger partial charge in [0.05, 0.1) is 12.0 Å². The highest BCUT2D eigenvalue weighted by Gasteiger charge is 2.28. The van der Waals surface area contributed by atoms with Crippen LogP contribution in [0, 0.1) is 0 Å². The highest BCUT2D eigenvalue weighted by molar-refractivity contribution is 7.89. The van der Waals surface area contributed by atoms with Crippen LogP contribution in [0.4, 0.5) is 0 Å². The van der Waals surface area contributed by atoms with Crippen molar-refractivity contribution in [3.8, 4) is 5.75 Å². The Morgan fingerprint density at radius 1 is 0.900 bits per heavy atom. The Morgan fingerprint density at radius 2 is 1.52 bits per heavy atom. The minimum Gasteiger partial charge on any atom is -0.497 e. The quantitative estimate of drug-likeness (QED) is 0.310. The fraction of sp³-hybridized carbons (Fsp3) is 0.355. The second kappa shape index (κ2) is 13.6. The monoisotopic (exact) mass is 563 g/mol. The van der Waals surface area contributed by atoms with Gasteiger partial charge in [-0.3, -0.25) is 9.59 Å². The predicted molar refractivity (Wildman–Crippen MR) is 154 cm³/mol. The zero-order valence-corrected chi connectivity index (χ0v) is 23.8. The fourth-order valence-corrected chi connectivity index (χ4v) is 5.66. The normalized spacial score (nSPS) is 13.8. The van der Waals surface area contributed by atoms with Gasteiger partial charge in [-0.05, 0) is 73.6 Å². The Bertz CT molecular complexity index is 1370. The van der Waals surface area contributed by atoms with Crippen LogP contribution in [0.25, 0.3) is 0 Å². The van der Waals surface area contributed by atoms with E-state index < -0.39 is 16.1 Å². The number of rotatable bonds is 14. The predicted octanol–water partition coefficient (Wildman–Crippen LogP) is 3.84. The lowest BCUT2D eigenvalue weighted by Gasteiger charge is -2.29. The molecule has 0 bridgehead atoms. The van der Waals surface area contributed by atoms with Crippen molar-refractivity contribution in [1.82, 2.24) is 14.9 Å². The molecule has 0 saturated heterocycles. The topological polar surface area (TPSA) is 105 Å². The van der Waals surface area contributed by atoms with Crippen molar-refractivity contribution in [3.63, 3.8) is 0 Å². The lowest BCUT2D eigenvalue weighted by atomic mass is 10.1. The second-order valence-electron chi connectivity index (χ2n) is 10.1. The third kappa shape index (κ3) is 8.40. The molecule has 1 unspecified atom stereocenters. The SMILES string of the molecule is COc1ccc(CN(C(=O)CCc2ccc(S(=O)(=O)NC3CC3)cc2)C(C)C(=O)NCCc2ccccc2)cc1. The van der Waals surface area contributed by atoms with E-state index >= 15 is 0 Å². The fourth-order valence-electron chi connectivity index (χ4n) is 4.35. The molecule has 3 aromatic carbocycles. The molecule has 8 nitrogen and oxygen atoms in total. The summed E-state index contributed by atoms with van der Waals surface area (Å²) in [6.45, 7) is 2.49. The summed E-state index contributed by atoms with van der Waals surface area (Å²) in [6, 6.07) is 23.3. The number of ether oxygens (including phenoxy) is 1. The molecule has 2 N–H and O–H groups in total. The van der Waals surface area contributed by atoms with Gasteiger partial charge in [0.1, 0.15) is 11.8 Å². The van der Waals surface area contributed by atoms with Crippen molar-refractivity contribution in [2.75, 3.05) is 13.7 Å². The number of carbonyl (C=O) groups excluding carboxylic acids is 2. The molecule has 0 radical (unpaired) electrons. The molecule has 1 aliphatic carbocycles. The Labute approximate surface area is 236 Å². The van der Waals surface area contributed by atoms with Crippen LogP contribution in [0.5, 0.6) is 5.75 Å². The highest BCUT2D eigenvalue weighted by atomic mass is 32.2. The van der Waals surface area contributed by atoms with Crippen molar-refractivity contribution in [1.29, 1.82) is 0 Å². The van der Waals surface area contributed by atoms with Crippen molar-refractivity contribution < 1.29 is 22.7 Å². The lowest BCUT2D eigenvalue weighted by Crippen LogP contribution is -2.48. The number of methoxy groups -OCH3 is 1. The molecule has 2 amide bonds. The third-order valence-corrected chi connectivity index (χ3v) is 8.53. The van der Waals surface area contributed by atoms with E-state index in [0.29, 0.717) is 25.1 Å². The minimum absolute atomic E-state index is 0.0384. The van der Waals surface area contributed by atoms with Crippen LogP contribution in [0.3, 0.4) is 0 Å². The van der Waals surface area contributed by atoms with Crippen LogP contribution in [0.15, 0.2) is 83.8 Å². The van der Waals surface area contributed by atoms with E-state index in [-0.39, 0.29) is 35.7 Å². The van der Waals surface area contributed by atoms with Crippen LogP contribution in [0.1, 0.15) is 42.9 Å². The number of aryl methyl sites for hydroxylation is 1. The van der Waals surface area contributed by atoms with E-state index in [1.807, 2.05) is 54.6 Å². The summed E-state index contributed by atoms with van der Waals surface area (Å²) >= 11 is 0. The summed E-state index contributed by atoms with van der Waals surface area (Å²) in [5.41, 5.74) is 2.86. The van der Waals surface area contributed by atoms with E-state index in [2.05, 4.69) is 10.0 Å². The molecule has 0 aromatic heterocycles. The number of hydrogen-bond donors (Lipinski definition) is 2. The van der Waals surface area contributed by atoms with Gasteiger partial charge < -0.3 is 15.0 Å². The van der Waals surface area contributed by atoms with Crippen molar-refractivity contribution in [3.05, 3.63) is 95.6 Å². The first kappa shape index (κ1) is 29.3. The molecule has 4 rings (SSSR count). The summed E-state index contributed by atoms with van der Waals surface area (Å²) in [6.07, 6.45) is 3.06. The molecule has 9 heteroatoms. The molecular weight excluding hydrogens is 526 g/mol. The average molecular weight is 564 g/mol. The van der Waals surface area contributed by atoms with Crippen LogP contribution in [-0.2, 0) is 39.0 Å². The van der Waals surface area contributed by atoms with Gasteiger partial charge in [0.2, 0.25) is 21.8 Å². The highest BCUT2D eigenvalue weighted by Crippen LogP contribution is 2.23. The maximum atomic E-state index is 13.5. The van der Waals surface area contributed by atoms with Crippen molar-refractivity contribution >= 4 is 21.8 Å². The molecule has 1 fully saturated rings. The molecule has 0 heterocycles. The summed E-state index contributed by atoms with van der Waals surface area (Å²) in [5, 5.41) is 2.97. The molecular formula is C31H37N3O5S. The lowest BCUT2D eigenvalue weighted by molar-refractivity contribution is -0.140. The molecule has 1 aliphatic rings. The van der Waals surface area contributed by atoms with E-state index in [1.54, 1.807) is 43.2 Å². The average Bonchev–Trinajstić information content (AvgIpc) is 3.78. The molecule has 3 aromatic rings. The van der Waals surface area contributed by atoms with Crippen molar-refractivity contribution in [2.24, 2.45) is 0 Å². The summed E-state index contributed by atoms with van der Waals surface area (Å²) in [4.78, 5) is 28.3. The van der Waals surface area contributed by atoms with E-state index in [4.69, 9.17) is 4.74 Å². The number of hydrogen-bond acceptors (Lipinski definition) is 5. The number of nitrogens with zero attached hydrogens (tertiary/aromatic N) is 1. The summed E-state index contributed by atoms with van der Waals surface area (Å²) in [5.74, 6) is 0.343. The first-order valence-corrected chi connectivity index (χ1v) is 15.1. The number of amides is 2. The van der Waals surface area contributed by atoms with E-state index in [0.717, 1.165) is 29.5 Å². The smallest absolute Gasteiger partial charge is 0.242 e. The van der Waals surface area contributed by atoms with Crippen molar-refractivity contribution in [2.45, 2.75) is 62.6 Å². The molecule has 0 aliphatic heterocycles. The largest absolute Gasteiger partial charge is 0.497 e. The van der Waals surface area contributed by atoms with Gasteiger partial charge >= 0.3 is 0 Å². The van der Waals surface area contributed by atoms with Gasteiger partial charge in [-0.25, -0.2) is 13.1 Å². The summed E-state index contributed by atoms with van der Waals surface area (Å²) < 4.78 is 32.8. The Balaban J connectivity index is 1.39. The van der Waals surface area contributed by atoms with Gasteiger partial charge in [-0.1, -0.05) is 54.6 Å². The van der Waals surface area contributed by atoms with Gasteiger partial charge in [0.15, 0.2) is 0 Å². The maximum absolute atomic E-state index is 13.5. The maximum Gasteiger partial charge on any atom is 0.242 e. The standard InChI is InChI=1S/C31H37N3O5S/c1-23(31(36)32-21-20-24-6-4-3-5-7-24)34(22-26-8-15-28(39-2)16-9-26)30(35)19-12-25-10-17-29(18-11-25)40(37,38)33-27-13-14-27/h3-11,15-18,23,27,33H,12-14,19-22H2,1-2H3,(H,32,36). The van der Waals surface area contributed by atoms with Crippen LogP contribution < -0.4 is 14.8 Å². The molecule has 212 valence electrons. The van der Waals surface area contributed by atoms with E-state index in [9.17, 15) is 18.0 Å². The number of sulfonamides is 1. The second-order valence-corrected chi connectivity index (χ2v) is 11.8. The molecule has 1 atom stereocenters. The number of benzene rings is 3. The number of carbonyl (C=O) groups is 2. The van der Waals surface area contributed by atoms with E-state index in [1.165, 1.54) is 0 Å².